The van der Waals surface area contributed by atoms with Gasteiger partial charge in [0, 0.05) is 40.2 Å². The maximum atomic E-state index is 12.3. The zero-order valence-corrected chi connectivity index (χ0v) is 17.8. The number of rotatable bonds is 3. The van der Waals surface area contributed by atoms with E-state index in [0.29, 0.717) is 13.1 Å². The van der Waals surface area contributed by atoms with Crippen LogP contribution in [-0.2, 0) is 9.59 Å². The molecule has 0 saturated carbocycles. The molecule has 1 fully saturated rings. The second kappa shape index (κ2) is 9.19. The zero-order chi connectivity index (χ0) is 20.1. The van der Waals surface area contributed by atoms with Crippen molar-refractivity contribution in [1.82, 2.24) is 14.9 Å². The predicted octanol–water partition coefficient (Wildman–Crippen LogP) is 3.71. The average molecular weight is 445 g/mol. The Hall–Kier alpha value is -2.41. The van der Waals surface area contributed by atoms with Gasteiger partial charge >= 0.3 is 11.8 Å². The van der Waals surface area contributed by atoms with E-state index in [9.17, 15) is 9.59 Å². The van der Waals surface area contributed by atoms with E-state index >= 15 is 0 Å². The molecule has 1 aliphatic rings. The summed E-state index contributed by atoms with van der Waals surface area (Å²) in [6.07, 6.45) is 5.70. The number of benzene rings is 1. The Kier molecular flexibility index (Phi) is 6.67. The molecule has 2 amide bonds. The Morgan fingerprint density at radius 3 is 2.36 bits per heavy atom. The van der Waals surface area contributed by atoms with Crippen LogP contribution in [-0.4, -0.2) is 40.6 Å². The van der Waals surface area contributed by atoms with Gasteiger partial charge in [0.05, 0.1) is 6.21 Å². The molecule has 0 unspecified atom stereocenters. The summed E-state index contributed by atoms with van der Waals surface area (Å²) in [5.74, 6) is -1.18. The van der Waals surface area contributed by atoms with Crippen LogP contribution in [0.15, 0.2) is 39.9 Å². The lowest BCUT2D eigenvalue weighted by molar-refractivity contribution is -0.145. The van der Waals surface area contributed by atoms with Gasteiger partial charge in [0.1, 0.15) is 0 Å². The SMILES string of the molecule is Cc1cc(/C=N\NC(=O)C(=O)N2CCCCCC2)c(C)n1-c1ccc(Br)cc1. The minimum Gasteiger partial charge on any atom is -0.334 e. The number of carbonyl (C=O) groups is 2. The molecule has 3 rings (SSSR count). The summed E-state index contributed by atoms with van der Waals surface area (Å²) in [6, 6.07) is 10.1. The first-order chi connectivity index (χ1) is 13.5. The first-order valence-corrected chi connectivity index (χ1v) is 10.3. The van der Waals surface area contributed by atoms with E-state index in [1.165, 1.54) is 0 Å². The number of nitrogens with zero attached hydrogens (tertiary/aromatic N) is 3. The molecule has 148 valence electrons. The molecular weight excluding hydrogens is 420 g/mol. The topological polar surface area (TPSA) is 66.7 Å². The van der Waals surface area contributed by atoms with Gasteiger partial charge in [-0.05, 0) is 57.0 Å². The minimum absolute atomic E-state index is 0.501. The second-order valence-electron chi connectivity index (χ2n) is 7.04. The number of halogens is 1. The number of nitrogens with one attached hydrogen (secondary N) is 1. The molecule has 28 heavy (non-hydrogen) atoms. The highest BCUT2D eigenvalue weighted by atomic mass is 79.9. The van der Waals surface area contributed by atoms with Crippen LogP contribution in [0.1, 0.15) is 42.6 Å². The van der Waals surface area contributed by atoms with Crippen molar-refractivity contribution >= 4 is 34.0 Å². The van der Waals surface area contributed by atoms with Crippen LogP contribution < -0.4 is 5.43 Å². The largest absolute Gasteiger partial charge is 0.334 e. The molecule has 0 spiro atoms. The molecule has 0 radical (unpaired) electrons. The van der Waals surface area contributed by atoms with Gasteiger partial charge < -0.3 is 9.47 Å². The summed E-state index contributed by atoms with van der Waals surface area (Å²) in [7, 11) is 0. The number of hydrogen-bond acceptors (Lipinski definition) is 3. The average Bonchev–Trinajstić information content (AvgIpc) is 2.86. The number of aryl methyl sites for hydroxylation is 1. The Labute approximate surface area is 173 Å². The molecule has 1 aliphatic heterocycles. The summed E-state index contributed by atoms with van der Waals surface area (Å²) >= 11 is 3.45. The van der Waals surface area contributed by atoms with E-state index in [-0.39, 0.29) is 0 Å². The van der Waals surface area contributed by atoms with Crippen molar-refractivity contribution < 1.29 is 9.59 Å². The van der Waals surface area contributed by atoms with Crippen molar-refractivity contribution in [3.05, 3.63) is 51.8 Å². The molecule has 0 atom stereocenters. The van der Waals surface area contributed by atoms with Crippen LogP contribution in [0.5, 0.6) is 0 Å². The number of hydrazone groups is 1. The van der Waals surface area contributed by atoms with Crippen molar-refractivity contribution in [3.8, 4) is 5.69 Å². The van der Waals surface area contributed by atoms with Gasteiger partial charge in [-0.2, -0.15) is 5.10 Å². The van der Waals surface area contributed by atoms with Gasteiger partial charge in [0.15, 0.2) is 0 Å². The standard InChI is InChI=1S/C21H25BrN4O2/c1-15-13-17(16(2)26(15)19-9-7-18(22)8-10-19)14-23-24-20(27)21(28)25-11-5-3-4-6-12-25/h7-10,13-14H,3-6,11-12H2,1-2H3,(H,24,27)/b23-14-. The van der Waals surface area contributed by atoms with Gasteiger partial charge in [-0.3, -0.25) is 9.59 Å². The Morgan fingerprint density at radius 2 is 1.71 bits per heavy atom. The Morgan fingerprint density at radius 1 is 1.07 bits per heavy atom. The van der Waals surface area contributed by atoms with E-state index in [0.717, 1.165) is 52.8 Å². The number of likely N-dealkylation sites (tertiary alicyclic amines) is 1. The maximum Gasteiger partial charge on any atom is 0.329 e. The third-order valence-electron chi connectivity index (χ3n) is 5.01. The minimum atomic E-state index is -0.681. The summed E-state index contributed by atoms with van der Waals surface area (Å²) in [6.45, 7) is 5.31. The van der Waals surface area contributed by atoms with Crippen LogP contribution in [0, 0.1) is 13.8 Å². The van der Waals surface area contributed by atoms with Gasteiger partial charge in [0.2, 0.25) is 0 Å². The lowest BCUT2D eigenvalue weighted by atomic mass is 10.2. The third kappa shape index (κ3) is 4.70. The van der Waals surface area contributed by atoms with E-state index < -0.39 is 11.8 Å². The highest BCUT2D eigenvalue weighted by Gasteiger charge is 2.22. The third-order valence-corrected chi connectivity index (χ3v) is 5.54. The maximum absolute atomic E-state index is 12.3. The lowest BCUT2D eigenvalue weighted by Gasteiger charge is -2.18. The van der Waals surface area contributed by atoms with Crippen LogP contribution in [0.4, 0.5) is 0 Å². The Balaban J connectivity index is 1.67. The van der Waals surface area contributed by atoms with Crippen LogP contribution in [0.25, 0.3) is 5.69 Å². The molecule has 0 aliphatic carbocycles. The fraction of sp³-hybridized carbons (Fsp3) is 0.381. The van der Waals surface area contributed by atoms with Crippen molar-refractivity contribution in [2.75, 3.05) is 13.1 Å². The molecule has 1 aromatic heterocycles. The number of carbonyl (C=O) groups excluding carboxylic acids is 2. The molecule has 2 heterocycles. The molecular formula is C21H25BrN4O2. The van der Waals surface area contributed by atoms with Crippen molar-refractivity contribution in [1.29, 1.82) is 0 Å². The zero-order valence-electron chi connectivity index (χ0n) is 16.2. The number of hydrogen-bond donors (Lipinski definition) is 1. The quantitative estimate of drug-likeness (QED) is 0.445. The number of amides is 2. The highest BCUT2D eigenvalue weighted by molar-refractivity contribution is 9.10. The smallest absolute Gasteiger partial charge is 0.329 e. The Bertz CT molecular complexity index is 879. The van der Waals surface area contributed by atoms with E-state index in [2.05, 4.69) is 31.0 Å². The van der Waals surface area contributed by atoms with Gasteiger partial charge in [-0.15, -0.1) is 0 Å². The molecule has 1 aromatic carbocycles. The van der Waals surface area contributed by atoms with Crippen LogP contribution >= 0.6 is 15.9 Å². The number of aromatic nitrogens is 1. The van der Waals surface area contributed by atoms with Crippen LogP contribution in [0.2, 0.25) is 0 Å². The molecule has 7 heteroatoms. The monoisotopic (exact) mass is 444 g/mol. The van der Waals surface area contributed by atoms with E-state index in [4.69, 9.17) is 0 Å². The first-order valence-electron chi connectivity index (χ1n) is 9.54. The van der Waals surface area contributed by atoms with Crippen molar-refractivity contribution in [2.24, 2.45) is 5.10 Å². The van der Waals surface area contributed by atoms with E-state index in [1.54, 1.807) is 11.1 Å². The summed E-state index contributed by atoms with van der Waals surface area (Å²) in [4.78, 5) is 26.0. The molecule has 1 N–H and O–H groups in total. The molecule has 6 nitrogen and oxygen atoms in total. The second-order valence-corrected chi connectivity index (χ2v) is 7.96. The highest BCUT2D eigenvalue weighted by Crippen LogP contribution is 2.21. The van der Waals surface area contributed by atoms with Crippen molar-refractivity contribution in [3.63, 3.8) is 0 Å². The van der Waals surface area contributed by atoms with Gasteiger partial charge in [-0.1, -0.05) is 28.8 Å². The van der Waals surface area contributed by atoms with E-state index in [1.807, 2.05) is 44.2 Å². The van der Waals surface area contributed by atoms with Gasteiger partial charge in [-0.25, -0.2) is 5.43 Å². The predicted molar refractivity (Wildman–Crippen MR) is 114 cm³/mol. The normalized spacial score (nSPS) is 14.9. The van der Waals surface area contributed by atoms with Crippen LogP contribution in [0.3, 0.4) is 0 Å². The first kappa shape index (κ1) is 20.3. The molecule has 0 bridgehead atoms. The van der Waals surface area contributed by atoms with Crippen molar-refractivity contribution in [2.45, 2.75) is 39.5 Å². The fourth-order valence-electron chi connectivity index (χ4n) is 3.53. The summed E-state index contributed by atoms with van der Waals surface area (Å²) in [5, 5.41) is 4.01. The lowest BCUT2D eigenvalue weighted by Crippen LogP contribution is -2.41. The fourth-order valence-corrected chi connectivity index (χ4v) is 3.80. The van der Waals surface area contributed by atoms with Gasteiger partial charge in [0.25, 0.3) is 0 Å². The summed E-state index contributed by atoms with van der Waals surface area (Å²) in [5.41, 5.74) is 6.40. The molecule has 2 aromatic rings. The summed E-state index contributed by atoms with van der Waals surface area (Å²) < 4.78 is 3.15. The molecule has 1 saturated heterocycles.